The van der Waals surface area contributed by atoms with Crippen LogP contribution < -0.4 is 4.74 Å². The van der Waals surface area contributed by atoms with Crippen molar-refractivity contribution in [3.63, 3.8) is 0 Å². The Morgan fingerprint density at radius 3 is 2.58 bits per heavy atom. The maximum atomic E-state index is 5.16. The summed E-state index contributed by atoms with van der Waals surface area (Å²) in [5, 5.41) is 0. The molecule has 0 saturated carbocycles. The van der Waals surface area contributed by atoms with E-state index < -0.39 is 0 Å². The van der Waals surface area contributed by atoms with Gasteiger partial charge in [0.1, 0.15) is 5.75 Å². The zero-order valence-electron chi connectivity index (χ0n) is 10.7. The topological polar surface area (TPSA) is 34.0 Å². The predicted octanol–water partition coefficient (Wildman–Crippen LogP) is 3.40. The Balaban J connectivity index is 2.02. The molecule has 1 heterocycles. The fraction of sp³-hybridized carbons (Fsp3) is 0.125. The van der Waals surface area contributed by atoms with Crippen molar-refractivity contribution in [1.82, 2.24) is 0 Å². The first-order chi connectivity index (χ1) is 9.36. The average molecular weight is 250 g/mol. The molecule has 0 fully saturated rings. The van der Waals surface area contributed by atoms with Gasteiger partial charge in [0.15, 0.2) is 0 Å². The van der Waals surface area contributed by atoms with Crippen LogP contribution >= 0.6 is 0 Å². The number of methoxy groups -OCH3 is 1. The summed E-state index contributed by atoms with van der Waals surface area (Å²) in [6.45, 7) is 0.680. The van der Waals surface area contributed by atoms with E-state index in [2.05, 4.69) is 11.1 Å². The monoisotopic (exact) mass is 250 g/mol. The predicted molar refractivity (Wildman–Crippen MR) is 77.8 cm³/mol. The number of hydrogen-bond donors (Lipinski definition) is 0. The Labute approximate surface area is 112 Å². The highest BCUT2D eigenvalue weighted by Crippen LogP contribution is 2.23. The van der Waals surface area contributed by atoms with Crippen molar-refractivity contribution in [2.75, 3.05) is 7.11 Å². The van der Waals surface area contributed by atoms with E-state index in [0.29, 0.717) is 6.54 Å². The van der Waals surface area contributed by atoms with Crippen LogP contribution in [0.1, 0.15) is 11.1 Å². The molecule has 0 atom stereocenters. The molecule has 1 aliphatic rings. The highest BCUT2D eigenvalue weighted by Gasteiger charge is 2.07. The van der Waals surface area contributed by atoms with Gasteiger partial charge in [0.05, 0.1) is 25.1 Å². The van der Waals surface area contributed by atoms with Crippen molar-refractivity contribution in [3.05, 3.63) is 59.7 Å². The van der Waals surface area contributed by atoms with Crippen LogP contribution in [0.15, 0.2) is 58.5 Å². The summed E-state index contributed by atoms with van der Waals surface area (Å²) in [4.78, 5) is 9.12. The van der Waals surface area contributed by atoms with Crippen LogP contribution in [0, 0.1) is 0 Å². The van der Waals surface area contributed by atoms with Gasteiger partial charge in [0, 0.05) is 11.8 Å². The van der Waals surface area contributed by atoms with Gasteiger partial charge in [0.2, 0.25) is 0 Å². The van der Waals surface area contributed by atoms with E-state index in [1.54, 1.807) is 7.11 Å². The number of nitrogens with zero attached hydrogens (tertiary/aromatic N) is 2. The lowest BCUT2D eigenvalue weighted by atomic mass is 10.1. The molecular weight excluding hydrogens is 236 g/mol. The Bertz CT molecular complexity index is 642. The molecule has 0 bridgehead atoms. The summed E-state index contributed by atoms with van der Waals surface area (Å²) >= 11 is 0. The number of fused-ring (bicyclic) bond motifs is 1. The molecule has 0 N–H and O–H groups in total. The molecule has 0 aliphatic carbocycles. The molecule has 0 saturated heterocycles. The van der Waals surface area contributed by atoms with E-state index in [0.717, 1.165) is 28.3 Å². The van der Waals surface area contributed by atoms with Gasteiger partial charge in [-0.05, 0) is 35.9 Å². The van der Waals surface area contributed by atoms with Crippen LogP contribution in [0.3, 0.4) is 0 Å². The molecule has 2 aromatic carbocycles. The van der Waals surface area contributed by atoms with Gasteiger partial charge in [-0.1, -0.05) is 18.2 Å². The second kappa shape index (κ2) is 5.06. The second-order valence-electron chi connectivity index (χ2n) is 4.32. The van der Waals surface area contributed by atoms with Gasteiger partial charge in [-0.3, -0.25) is 4.99 Å². The number of rotatable bonds is 2. The van der Waals surface area contributed by atoms with Crippen molar-refractivity contribution in [2.45, 2.75) is 6.54 Å². The Hall–Kier alpha value is -2.42. The van der Waals surface area contributed by atoms with E-state index in [1.165, 1.54) is 0 Å². The molecule has 0 unspecified atom stereocenters. The Kier molecular flexibility index (Phi) is 3.11. The molecule has 0 aromatic heterocycles. The summed E-state index contributed by atoms with van der Waals surface area (Å²) < 4.78 is 5.16. The minimum absolute atomic E-state index is 0.680. The molecule has 19 heavy (non-hydrogen) atoms. The van der Waals surface area contributed by atoms with Gasteiger partial charge in [-0.2, -0.15) is 0 Å². The van der Waals surface area contributed by atoms with E-state index >= 15 is 0 Å². The van der Waals surface area contributed by atoms with Gasteiger partial charge in [-0.15, -0.1) is 0 Å². The van der Waals surface area contributed by atoms with Gasteiger partial charge >= 0.3 is 0 Å². The van der Waals surface area contributed by atoms with Crippen LogP contribution in [0.25, 0.3) is 0 Å². The van der Waals surface area contributed by atoms with Crippen LogP contribution in [0.2, 0.25) is 0 Å². The van der Waals surface area contributed by atoms with Crippen molar-refractivity contribution in [1.29, 1.82) is 0 Å². The second-order valence-corrected chi connectivity index (χ2v) is 4.32. The maximum absolute atomic E-state index is 5.16. The first-order valence-corrected chi connectivity index (χ1v) is 6.17. The lowest BCUT2D eigenvalue weighted by molar-refractivity contribution is 0.415. The summed E-state index contributed by atoms with van der Waals surface area (Å²) in [5.41, 5.74) is 4.07. The van der Waals surface area contributed by atoms with Gasteiger partial charge < -0.3 is 4.74 Å². The molecule has 94 valence electrons. The number of benzene rings is 2. The van der Waals surface area contributed by atoms with Crippen molar-refractivity contribution in [3.8, 4) is 5.75 Å². The van der Waals surface area contributed by atoms with E-state index in [9.17, 15) is 0 Å². The van der Waals surface area contributed by atoms with Crippen LogP contribution in [-0.2, 0) is 6.54 Å². The highest BCUT2D eigenvalue weighted by atomic mass is 16.5. The Morgan fingerprint density at radius 2 is 1.79 bits per heavy atom. The molecule has 3 nitrogen and oxygen atoms in total. The van der Waals surface area contributed by atoms with E-state index in [1.807, 2.05) is 48.7 Å². The van der Waals surface area contributed by atoms with Crippen LogP contribution in [0.5, 0.6) is 5.75 Å². The molecule has 3 heteroatoms. The summed E-state index contributed by atoms with van der Waals surface area (Å²) in [7, 11) is 1.66. The average Bonchev–Trinajstić information content (AvgIpc) is 2.69. The largest absolute Gasteiger partial charge is 0.497 e. The summed E-state index contributed by atoms with van der Waals surface area (Å²) in [6.07, 6.45) is 1.84. The van der Waals surface area contributed by atoms with Crippen molar-refractivity contribution >= 4 is 17.6 Å². The smallest absolute Gasteiger partial charge is 0.118 e. The van der Waals surface area contributed by atoms with Crippen molar-refractivity contribution in [2.24, 2.45) is 9.98 Å². The van der Waals surface area contributed by atoms with Gasteiger partial charge in [0.25, 0.3) is 0 Å². The van der Waals surface area contributed by atoms with Crippen LogP contribution in [-0.4, -0.2) is 19.0 Å². The van der Waals surface area contributed by atoms with Crippen molar-refractivity contribution < 1.29 is 4.74 Å². The third-order valence-corrected chi connectivity index (χ3v) is 3.09. The first-order valence-electron chi connectivity index (χ1n) is 6.17. The third-order valence-electron chi connectivity index (χ3n) is 3.09. The molecule has 3 rings (SSSR count). The lowest BCUT2D eigenvalue weighted by Crippen LogP contribution is -2.01. The minimum Gasteiger partial charge on any atom is -0.497 e. The fourth-order valence-corrected chi connectivity index (χ4v) is 2.04. The number of para-hydroxylation sites is 1. The standard InChI is InChI=1S/C16H14N2O/c1-19-14-8-6-12(7-9-14)16-11-17-10-13-4-2-3-5-15(13)18-16/h2-9,11H,10H2,1H3. The van der Waals surface area contributed by atoms with E-state index in [-0.39, 0.29) is 0 Å². The normalized spacial score (nSPS) is 13.4. The zero-order chi connectivity index (χ0) is 13.1. The molecule has 2 aromatic rings. The molecular formula is C16H14N2O. The molecule has 0 spiro atoms. The van der Waals surface area contributed by atoms with Gasteiger partial charge in [-0.25, -0.2) is 4.99 Å². The lowest BCUT2D eigenvalue weighted by Gasteiger charge is -2.03. The number of ether oxygens (including phenoxy) is 1. The molecule has 0 radical (unpaired) electrons. The highest BCUT2D eigenvalue weighted by molar-refractivity contribution is 6.39. The first kappa shape index (κ1) is 11.7. The minimum atomic E-state index is 0.680. The fourth-order valence-electron chi connectivity index (χ4n) is 2.04. The van der Waals surface area contributed by atoms with Crippen LogP contribution in [0.4, 0.5) is 5.69 Å². The number of aliphatic imine (C=N–C) groups is 2. The quantitative estimate of drug-likeness (QED) is 0.804. The number of hydrogen-bond acceptors (Lipinski definition) is 3. The molecule has 1 aliphatic heterocycles. The van der Waals surface area contributed by atoms with E-state index in [4.69, 9.17) is 9.73 Å². The summed E-state index contributed by atoms with van der Waals surface area (Å²) in [5.74, 6) is 0.843. The maximum Gasteiger partial charge on any atom is 0.118 e. The zero-order valence-corrected chi connectivity index (χ0v) is 10.7. The molecule has 0 amide bonds. The Morgan fingerprint density at radius 1 is 1.00 bits per heavy atom. The summed E-state index contributed by atoms with van der Waals surface area (Å²) in [6, 6.07) is 16.0. The third kappa shape index (κ3) is 2.40. The SMILES string of the molecule is COc1ccc(C2=Nc3ccccc3CN=C2)cc1.